The Balaban J connectivity index is 1.98. The van der Waals surface area contributed by atoms with Crippen molar-refractivity contribution in [3.63, 3.8) is 0 Å². The van der Waals surface area contributed by atoms with E-state index in [0.29, 0.717) is 22.5 Å². The summed E-state index contributed by atoms with van der Waals surface area (Å²) in [6.45, 7) is 2.01. The molecule has 28 heavy (non-hydrogen) atoms. The highest BCUT2D eigenvalue weighted by molar-refractivity contribution is 9.10. The Bertz CT molecular complexity index is 1040. The smallest absolute Gasteiger partial charge is 0.262 e. The molecule has 1 aromatic heterocycles. The number of thioether (sulfide) groups is 1. The van der Waals surface area contributed by atoms with E-state index < -0.39 is 0 Å². The lowest BCUT2D eigenvalue weighted by Crippen LogP contribution is -2.27. The number of rotatable bonds is 8. The molecular formula is C21H22BrN3O2S. The van der Waals surface area contributed by atoms with Gasteiger partial charge in [0.1, 0.15) is 0 Å². The molecule has 0 unspecified atom stereocenters. The average molecular weight is 460 g/mol. The molecule has 0 aliphatic carbocycles. The van der Waals surface area contributed by atoms with Crippen LogP contribution in [0.3, 0.4) is 0 Å². The first kappa shape index (κ1) is 20.6. The maximum absolute atomic E-state index is 13.3. The van der Waals surface area contributed by atoms with Crippen LogP contribution in [0.2, 0.25) is 0 Å². The zero-order valence-electron chi connectivity index (χ0n) is 15.6. The van der Waals surface area contributed by atoms with Crippen molar-refractivity contribution in [2.75, 3.05) is 5.75 Å². The predicted molar refractivity (Wildman–Crippen MR) is 118 cm³/mol. The fraction of sp³-hybridized carbons (Fsp3) is 0.286. The zero-order valence-corrected chi connectivity index (χ0v) is 18.0. The van der Waals surface area contributed by atoms with Crippen molar-refractivity contribution in [2.45, 2.75) is 37.4 Å². The molecule has 2 N–H and O–H groups in total. The minimum Gasteiger partial charge on any atom is -0.370 e. The third kappa shape index (κ3) is 4.83. The van der Waals surface area contributed by atoms with Gasteiger partial charge in [-0.1, -0.05) is 58.0 Å². The van der Waals surface area contributed by atoms with E-state index in [1.165, 1.54) is 0 Å². The number of carbonyl (C=O) groups excluding carboxylic acids is 1. The number of fused-ring (bicyclic) bond motifs is 1. The van der Waals surface area contributed by atoms with Gasteiger partial charge in [-0.3, -0.25) is 14.2 Å². The van der Waals surface area contributed by atoms with E-state index in [-0.39, 0.29) is 17.5 Å². The van der Waals surface area contributed by atoms with Crippen LogP contribution in [0.1, 0.15) is 37.8 Å². The van der Waals surface area contributed by atoms with Crippen LogP contribution in [-0.2, 0) is 4.79 Å². The average Bonchev–Trinajstić information content (AvgIpc) is 2.68. The van der Waals surface area contributed by atoms with Crippen molar-refractivity contribution < 1.29 is 4.79 Å². The maximum atomic E-state index is 13.3. The van der Waals surface area contributed by atoms with E-state index in [2.05, 4.69) is 15.9 Å². The van der Waals surface area contributed by atoms with Gasteiger partial charge in [-0.15, -0.1) is 0 Å². The summed E-state index contributed by atoms with van der Waals surface area (Å²) in [6, 6.07) is 15.4. The highest BCUT2D eigenvalue weighted by atomic mass is 79.9. The van der Waals surface area contributed by atoms with E-state index in [0.717, 1.165) is 28.6 Å². The summed E-state index contributed by atoms with van der Waals surface area (Å²) in [7, 11) is 0. The number of aromatic nitrogens is 2. The zero-order chi connectivity index (χ0) is 20.1. The molecule has 1 amide bonds. The second-order valence-corrected chi connectivity index (χ2v) is 8.57. The number of unbranched alkanes of at least 4 members (excludes halogenated alkanes) is 1. The van der Waals surface area contributed by atoms with Gasteiger partial charge in [0.05, 0.1) is 16.9 Å². The molecule has 1 atom stereocenters. The largest absolute Gasteiger partial charge is 0.370 e. The predicted octanol–water partition coefficient (Wildman–Crippen LogP) is 4.52. The third-order valence-electron chi connectivity index (χ3n) is 4.55. The lowest BCUT2D eigenvalue weighted by atomic mass is 10.1. The van der Waals surface area contributed by atoms with Crippen LogP contribution in [0.15, 0.2) is 63.0 Å². The Kier molecular flexibility index (Phi) is 6.91. The van der Waals surface area contributed by atoms with E-state index >= 15 is 0 Å². The highest BCUT2D eigenvalue weighted by Crippen LogP contribution is 2.26. The molecule has 0 spiro atoms. The minimum atomic E-state index is -0.283. The summed E-state index contributed by atoms with van der Waals surface area (Å²) in [5, 5.41) is 1.28. The van der Waals surface area contributed by atoms with Crippen molar-refractivity contribution >= 4 is 44.5 Å². The number of carbonyl (C=O) groups is 1. The van der Waals surface area contributed by atoms with Crippen molar-refractivity contribution in [1.29, 1.82) is 0 Å². The van der Waals surface area contributed by atoms with Gasteiger partial charge in [0, 0.05) is 16.6 Å². The molecule has 5 nitrogen and oxygen atoms in total. The number of hydrogen-bond acceptors (Lipinski definition) is 4. The first-order valence-electron chi connectivity index (χ1n) is 9.15. The molecule has 0 aliphatic heterocycles. The molecule has 0 saturated heterocycles. The molecule has 0 radical (unpaired) electrons. The maximum Gasteiger partial charge on any atom is 0.262 e. The first-order valence-corrected chi connectivity index (χ1v) is 10.9. The summed E-state index contributed by atoms with van der Waals surface area (Å²) >= 11 is 4.99. The molecule has 0 fully saturated rings. The van der Waals surface area contributed by atoms with Crippen LogP contribution < -0.4 is 11.3 Å². The van der Waals surface area contributed by atoms with E-state index in [1.807, 2.05) is 55.5 Å². The molecule has 146 valence electrons. The molecule has 0 bridgehead atoms. The molecule has 3 aromatic rings. The van der Waals surface area contributed by atoms with Crippen molar-refractivity contribution in [2.24, 2.45) is 5.73 Å². The van der Waals surface area contributed by atoms with Gasteiger partial charge < -0.3 is 5.73 Å². The van der Waals surface area contributed by atoms with Gasteiger partial charge in [-0.2, -0.15) is 0 Å². The molecule has 0 aliphatic rings. The van der Waals surface area contributed by atoms with Crippen LogP contribution in [-0.4, -0.2) is 21.2 Å². The number of hydrogen-bond donors (Lipinski definition) is 1. The van der Waals surface area contributed by atoms with Crippen LogP contribution in [0.5, 0.6) is 0 Å². The van der Waals surface area contributed by atoms with E-state index in [1.54, 1.807) is 16.3 Å². The molecular weight excluding hydrogens is 438 g/mol. The number of nitrogens with two attached hydrogens (primary N) is 1. The Labute approximate surface area is 176 Å². The van der Waals surface area contributed by atoms with Crippen LogP contribution >= 0.6 is 27.7 Å². The quantitative estimate of drug-likeness (QED) is 0.305. The summed E-state index contributed by atoms with van der Waals surface area (Å²) in [6.07, 6.45) is 1.95. The van der Waals surface area contributed by atoms with Gasteiger partial charge in [-0.25, -0.2) is 4.98 Å². The fourth-order valence-corrected chi connectivity index (χ4v) is 4.47. The first-order chi connectivity index (χ1) is 13.5. The summed E-state index contributed by atoms with van der Waals surface area (Å²) in [5.74, 6) is 0.484. The lowest BCUT2D eigenvalue weighted by Gasteiger charge is -2.20. The van der Waals surface area contributed by atoms with Gasteiger partial charge in [-0.05, 0) is 43.5 Å². The van der Waals surface area contributed by atoms with Crippen molar-refractivity contribution in [1.82, 2.24) is 9.55 Å². The second-order valence-electron chi connectivity index (χ2n) is 6.59. The lowest BCUT2D eigenvalue weighted by molar-refractivity contribution is -0.118. The number of amides is 1. The van der Waals surface area contributed by atoms with Gasteiger partial charge in [0.2, 0.25) is 5.91 Å². The fourth-order valence-electron chi connectivity index (χ4n) is 3.04. The number of nitrogens with zero attached hydrogens (tertiary/aromatic N) is 2. The Hall–Kier alpha value is -2.12. The number of benzene rings is 2. The van der Waals surface area contributed by atoms with Crippen LogP contribution in [0.25, 0.3) is 10.9 Å². The minimum absolute atomic E-state index is 0.0534. The standard InChI is InChI=1S/C21H22BrN3O2S/c1-14(15-7-3-2-4-8-15)25-20(27)17-13-16(22)10-11-18(17)24-21(25)28-12-6-5-9-19(23)26/h2-4,7-8,10-11,13-14H,5-6,9,12H2,1H3,(H2,23,26)/t14-/m0/s1. The Morgan fingerprint density at radius 3 is 2.68 bits per heavy atom. The van der Waals surface area contributed by atoms with Gasteiger partial charge in [0.15, 0.2) is 5.16 Å². The summed E-state index contributed by atoms with van der Waals surface area (Å²) in [4.78, 5) is 29.0. The Morgan fingerprint density at radius 2 is 1.96 bits per heavy atom. The molecule has 7 heteroatoms. The number of halogens is 1. The Morgan fingerprint density at radius 1 is 1.21 bits per heavy atom. The number of primary amides is 1. The van der Waals surface area contributed by atoms with Crippen molar-refractivity contribution in [3.05, 3.63) is 68.9 Å². The van der Waals surface area contributed by atoms with Crippen LogP contribution in [0, 0.1) is 0 Å². The summed E-state index contributed by atoms with van der Waals surface area (Å²) < 4.78 is 2.62. The molecule has 3 rings (SSSR count). The molecule has 2 aromatic carbocycles. The monoisotopic (exact) mass is 459 g/mol. The van der Waals surface area contributed by atoms with E-state index in [4.69, 9.17) is 10.7 Å². The third-order valence-corrected chi connectivity index (χ3v) is 6.08. The van der Waals surface area contributed by atoms with E-state index in [9.17, 15) is 9.59 Å². The SMILES string of the molecule is C[C@@H](c1ccccc1)n1c(SCCCCC(N)=O)nc2ccc(Br)cc2c1=O. The van der Waals surface area contributed by atoms with Gasteiger partial charge >= 0.3 is 0 Å². The second kappa shape index (κ2) is 9.39. The molecule has 1 heterocycles. The molecule has 0 saturated carbocycles. The van der Waals surface area contributed by atoms with Gasteiger partial charge in [0.25, 0.3) is 5.56 Å². The van der Waals surface area contributed by atoms with Crippen molar-refractivity contribution in [3.8, 4) is 0 Å². The highest BCUT2D eigenvalue weighted by Gasteiger charge is 2.18. The normalized spacial score (nSPS) is 12.2. The van der Waals surface area contributed by atoms with Crippen LogP contribution in [0.4, 0.5) is 0 Å². The topological polar surface area (TPSA) is 78.0 Å². The summed E-state index contributed by atoms with van der Waals surface area (Å²) in [5.41, 5.74) is 6.88.